The molecule has 1 heterocycles. The van der Waals surface area contributed by atoms with Crippen LogP contribution in [0, 0.1) is 23.0 Å². The van der Waals surface area contributed by atoms with Crippen molar-refractivity contribution in [1.29, 1.82) is 0 Å². The van der Waals surface area contributed by atoms with Crippen molar-refractivity contribution < 1.29 is 17.9 Å². The summed E-state index contributed by atoms with van der Waals surface area (Å²) in [7, 11) is 0. The highest BCUT2D eigenvalue weighted by molar-refractivity contribution is 7.11. The van der Waals surface area contributed by atoms with E-state index in [1.807, 2.05) is 0 Å². The fraction of sp³-hybridized carbons (Fsp3) is 0. The number of ether oxygens (including phenoxy) is 1. The summed E-state index contributed by atoms with van der Waals surface area (Å²) in [6, 6.07) is 1.09. The minimum Gasteiger partial charge on any atom is -0.439 e. The van der Waals surface area contributed by atoms with E-state index >= 15 is 0 Å². The van der Waals surface area contributed by atoms with Gasteiger partial charge in [0.05, 0.1) is 6.20 Å². The first kappa shape index (κ1) is 9.97. The molecule has 2 aromatic rings. The van der Waals surface area contributed by atoms with Crippen LogP contribution in [-0.2, 0) is 0 Å². The van der Waals surface area contributed by atoms with Crippen LogP contribution in [0.2, 0.25) is 0 Å². The molecule has 0 aliphatic heterocycles. The van der Waals surface area contributed by atoms with E-state index in [1.165, 1.54) is 6.20 Å². The van der Waals surface area contributed by atoms with Crippen molar-refractivity contribution in [1.82, 2.24) is 4.98 Å². The van der Waals surface area contributed by atoms with Crippen LogP contribution in [0.5, 0.6) is 10.8 Å². The lowest BCUT2D eigenvalue weighted by Gasteiger charge is -2.04. The number of hydrogen-bond donors (Lipinski definition) is 0. The molecule has 0 saturated heterocycles. The first-order valence-electron chi connectivity index (χ1n) is 3.81. The maximum Gasteiger partial charge on any atom is 0.201 e. The average molecular weight is 230 g/mol. The van der Waals surface area contributed by atoms with Crippen LogP contribution >= 0.6 is 11.3 Å². The van der Waals surface area contributed by atoms with Crippen molar-refractivity contribution in [3.05, 3.63) is 41.3 Å². The molecule has 0 amide bonds. The highest BCUT2D eigenvalue weighted by Gasteiger charge is 2.14. The molecule has 0 unspecified atom stereocenters. The Morgan fingerprint density at radius 1 is 1.20 bits per heavy atom. The molecule has 0 N–H and O–H groups in total. The van der Waals surface area contributed by atoms with Gasteiger partial charge in [-0.25, -0.2) is 18.2 Å². The Kier molecular flexibility index (Phi) is 2.59. The molecule has 1 aromatic carbocycles. The number of thiazole rings is 1. The lowest BCUT2D eigenvalue weighted by Crippen LogP contribution is -1.92. The quantitative estimate of drug-likeness (QED) is 0.790. The van der Waals surface area contributed by atoms with E-state index in [0.29, 0.717) is 12.1 Å². The van der Waals surface area contributed by atoms with Gasteiger partial charge in [-0.05, 0) is 0 Å². The number of halogens is 3. The summed E-state index contributed by atoms with van der Waals surface area (Å²) in [6.07, 6.45) is 1.26. The van der Waals surface area contributed by atoms with E-state index in [2.05, 4.69) is 10.5 Å². The van der Waals surface area contributed by atoms with Crippen LogP contribution in [0.3, 0.4) is 0 Å². The molecule has 6 heteroatoms. The number of hydrogen-bond acceptors (Lipinski definition) is 3. The molecule has 0 saturated carbocycles. The van der Waals surface area contributed by atoms with Crippen molar-refractivity contribution >= 4 is 11.3 Å². The summed E-state index contributed by atoms with van der Waals surface area (Å²) in [5.74, 6) is -3.83. The molecule has 0 aliphatic rings. The Bertz CT molecular complexity index is 449. The van der Waals surface area contributed by atoms with Crippen molar-refractivity contribution in [3.8, 4) is 10.8 Å². The zero-order valence-electron chi connectivity index (χ0n) is 7.13. The minimum atomic E-state index is -1.10. The standard InChI is InChI=1S/C9H3F3NOS/c10-5-1-6(11)9(7(12)2-5)14-8-3-13-4-15-8/h1-3H. The second-order valence-corrected chi connectivity index (χ2v) is 3.36. The summed E-state index contributed by atoms with van der Waals surface area (Å²) in [4.78, 5) is 3.54. The third kappa shape index (κ3) is 2.10. The molecule has 1 radical (unpaired) electrons. The van der Waals surface area contributed by atoms with Crippen molar-refractivity contribution in [2.45, 2.75) is 0 Å². The normalized spacial score (nSPS) is 10.3. The highest BCUT2D eigenvalue weighted by atomic mass is 32.1. The van der Waals surface area contributed by atoms with Crippen LogP contribution in [0.15, 0.2) is 18.3 Å². The van der Waals surface area contributed by atoms with E-state index in [0.717, 1.165) is 11.3 Å². The number of rotatable bonds is 2. The van der Waals surface area contributed by atoms with Crippen molar-refractivity contribution in [3.63, 3.8) is 0 Å². The Hall–Kier alpha value is -1.56. The average Bonchev–Trinajstić information content (AvgIpc) is 2.63. The summed E-state index contributed by atoms with van der Waals surface area (Å²) in [5.41, 5.74) is 2.45. The lowest BCUT2D eigenvalue weighted by atomic mass is 10.3. The topological polar surface area (TPSA) is 22.1 Å². The van der Waals surface area contributed by atoms with Crippen molar-refractivity contribution in [2.24, 2.45) is 0 Å². The van der Waals surface area contributed by atoms with Gasteiger partial charge in [-0.2, -0.15) is 0 Å². The van der Waals surface area contributed by atoms with Gasteiger partial charge >= 0.3 is 0 Å². The van der Waals surface area contributed by atoms with Crippen LogP contribution in [0.25, 0.3) is 0 Å². The molecular formula is C9H3F3NOS. The molecule has 0 atom stereocenters. The summed E-state index contributed by atoms with van der Waals surface area (Å²) in [5, 5.41) is 0.180. The van der Waals surface area contributed by atoms with Gasteiger partial charge in [0.2, 0.25) is 5.06 Å². The van der Waals surface area contributed by atoms with Crippen LogP contribution < -0.4 is 4.74 Å². The fourth-order valence-corrected chi connectivity index (χ4v) is 1.38. The zero-order valence-corrected chi connectivity index (χ0v) is 7.95. The van der Waals surface area contributed by atoms with Gasteiger partial charge in [0.1, 0.15) is 5.82 Å². The summed E-state index contributed by atoms with van der Waals surface area (Å²) in [6.45, 7) is 0. The zero-order chi connectivity index (χ0) is 10.8. The maximum absolute atomic E-state index is 13.1. The molecule has 1 aromatic heterocycles. The first-order valence-corrected chi connectivity index (χ1v) is 4.63. The van der Waals surface area contributed by atoms with Crippen molar-refractivity contribution in [2.75, 3.05) is 0 Å². The summed E-state index contributed by atoms with van der Waals surface area (Å²) >= 11 is 0.954. The molecule has 0 spiro atoms. The molecule has 0 fully saturated rings. The second kappa shape index (κ2) is 3.90. The Morgan fingerprint density at radius 2 is 1.87 bits per heavy atom. The number of aromatic nitrogens is 1. The molecule has 0 aliphatic carbocycles. The van der Waals surface area contributed by atoms with Gasteiger partial charge < -0.3 is 4.74 Å². The monoisotopic (exact) mass is 230 g/mol. The third-order valence-electron chi connectivity index (χ3n) is 1.53. The maximum atomic E-state index is 13.1. The van der Waals surface area contributed by atoms with E-state index < -0.39 is 23.2 Å². The molecular weight excluding hydrogens is 227 g/mol. The largest absolute Gasteiger partial charge is 0.439 e. The molecule has 0 bridgehead atoms. The molecule has 2 nitrogen and oxygen atoms in total. The second-order valence-electron chi connectivity index (χ2n) is 2.57. The minimum absolute atomic E-state index is 0.180. The molecule has 2 rings (SSSR count). The highest BCUT2D eigenvalue weighted by Crippen LogP contribution is 2.29. The number of benzene rings is 1. The van der Waals surface area contributed by atoms with Gasteiger partial charge in [-0.15, -0.1) is 0 Å². The Balaban J connectivity index is 2.36. The van der Waals surface area contributed by atoms with Gasteiger partial charge in [0.15, 0.2) is 22.9 Å². The predicted molar refractivity (Wildman–Crippen MR) is 47.3 cm³/mol. The van der Waals surface area contributed by atoms with Gasteiger partial charge in [0, 0.05) is 12.1 Å². The van der Waals surface area contributed by atoms with Gasteiger partial charge in [0.25, 0.3) is 0 Å². The fourth-order valence-electron chi connectivity index (χ4n) is 0.951. The van der Waals surface area contributed by atoms with Crippen LogP contribution in [0.4, 0.5) is 13.2 Å². The Morgan fingerprint density at radius 3 is 2.40 bits per heavy atom. The van der Waals surface area contributed by atoms with Crippen LogP contribution in [0.1, 0.15) is 0 Å². The van der Waals surface area contributed by atoms with E-state index in [-0.39, 0.29) is 5.06 Å². The Labute approximate surface area is 87.0 Å². The molecule has 77 valence electrons. The smallest absolute Gasteiger partial charge is 0.201 e. The van der Waals surface area contributed by atoms with Gasteiger partial charge in [-0.3, -0.25) is 0 Å². The first-order chi connectivity index (χ1) is 7.16. The van der Waals surface area contributed by atoms with E-state index in [4.69, 9.17) is 4.74 Å². The van der Waals surface area contributed by atoms with E-state index in [9.17, 15) is 13.2 Å². The van der Waals surface area contributed by atoms with Crippen LogP contribution in [-0.4, -0.2) is 4.98 Å². The third-order valence-corrected chi connectivity index (χ3v) is 2.12. The summed E-state index contributed by atoms with van der Waals surface area (Å²) < 4.78 is 43.5. The lowest BCUT2D eigenvalue weighted by molar-refractivity contribution is 0.408. The molecule has 15 heavy (non-hydrogen) atoms. The SMILES string of the molecule is Fc1cc(F)c(Oc2cn[c]s2)c(F)c1. The van der Waals surface area contributed by atoms with E-state index in [1.54, 1.807) is 0 Å². The predicted octanol–water partition coefficient (Wildman–Crippen LogP) is 3.15. The number of nitrogens with zero attached hydrogens (tertiary/aromatic N) is 1. The van der Waals surface area contributed by atoms with Gasteiger partial charge in [-0.1, -0.05) is 11.3 Å².